The highest BCUT2D eigenvalue weighted by Gasteiger charge is 2.30. The molecule has 0 aliphatic heterocycles. The number of hydrogen-bond donors (Lipinski definition) is 0. The molecule has 0 saturated heterocycles. The summed E-state index contributed by atoms with van der Waals surface area (Å²) >= 11 is 0. The lowest BCUT2D eigenvalue weighted by atomic mass is 10.2. The van der Waals surface area contributed by atoms with Crippen molar-refractivity contribution < 1.29 is 23.0 Å². The molecular weight excluding hydrogens is 209 g/mol. The van der Waals surface area contributed by atoms with Gasteiger partial charge in [0.25, 0.3) is 0 Å². The molecule has 0 heterocycles. The topological polar surface area (TPSA) is 29.1 Å². The van der Waals surface area contributed by atoms with E-state index in [1.54, 1.807) is 6.07 Å². The van der Waals surface area contributed by atoms with Crippen LogP contribution in [0.5, 0.6) is 5.75 Å². The quantitative estimate of drug-likeness (QED) is 0.765. The van der Waals surface area contributed by atoms with Crippen LogP contribution in [0.15, 0.2) is 30.3 Å². The molecule has 81 valence electrons. The zero-order valence-electron chi connectivity index (χ0n) is 7.62. The maximum atomic E-state index is 11.8. The maximum Gasteiger partial charge on any atom is 0.573 e. The molecule has 1 aromatic rings. The van der Waals surface area contributed by atoms with Crippen molar-refractivity contribution in [1.82, 2.24) is 0 Å². The van der Waals surface area contributed by atoms with Gasteiger partial charge >= 0.3 is 6.36 Å². The number of ether oxygens (including phenoxy) is 1. The Bertz CT molecular complexity index is 345. The van der Waals surface area contributed by atoms with Crippen molar-refractivity contribution in [3.8, 4) is 5.75 Å². The molecule has 0 aliphatic rings. The number of halogens is 3. The molecule has 0 fully saturated rings. The molecule has 0 spiro atoms. The van der Waals surface area contributed by atoms with E-state index < -0.39 is 13.0 Å². The van der Waals surface area contributed by atoms with Crippen LogP contribution >= 0.6 is 0 Å². The summed E-state index contributed by atoms with van der Waals surface area (Å²) in [5.74, 6) is -0.296. The van der Waals surface area contributed by atoms with Gasteiger partial charge in [-0.2, -0.15) is 0 Å². The van der Waals surface area contributed by atoms with Crippen molar-refractivity contribution in [2.24, 2.45) is 0 Å². The first kappa shape index (κ1) is 11.6. The standard InChI is InChI=1S/C10H8F3O2/c11-10(12,13)15-9-5-1-3-8(7-9)4-2-6-14/h1-5,7H,6H2. The van der Waals surface area contributed by atoms with Crippen molar-refractivity contribution in [3.63, 3.8) is 0 Å². The summed E-state index contributed by atoms with van der Waals surface area (Å²) in [5.41, 5.74) is 0.493. The normalized spacial score (nSPS) is 12.0. The number of benzene rings is 1. The van der Waals surface area contributed by atoms with E-state index in [0.717, 1.165) is 0 Å². The summed E-state index contributed by atoms with van der Waals surface area (Å²) in [6, 6.07) is 5.41. The fraction of sp³-hybridized carbons (Fsp3) is 0.200. The lowest BCUT2D eigenvalue weighted by Crippen LogP contribution is -2.17. The van der Waals surface area contributed by atoms with E-state index in [-0.39, 0.29) is 5.75 Å². The maximum absolute atomic E-state index is 11.8. The Morgan fingerprint density at radius 2 is 2.07 bits per heavy atom. The van der Waals surface area contributed by atoms with Gasteiger partial charge in [0, 0.05) is 0 Å². The summed E-state index contributed by atoms with van der Waals surface area (Å²) in [6.45, 7) is -0.412. The van der Waals surface area contributed by atoms with Crippen molar-refractivity contribution in [2.75, 3.05) is 6.61 Å². The van der Waals surface area contributed by atoms with Crippen LogP contribution in [-0.2, 0) is 5.11 Å². The zero-order valence-corrected chi connectivity index (χ0v) is 7.62. The Kier molecular flexibility index (Phi) is 3.74. The minimum absolute atomic E-state index is 0.296. The summed E-state index contributed by atoms with van der Waals surface area (Å²) in [5, 5.41) is 10.1. The Hall–Kier alpha value is -1.49. The number of rotatable bonds is 3. The first-order valence-corrected chi connectivity index (χ1v) is 4.12. The largest absolute Gasteiger partial charge is 0.573 e. The Morgan fingerprint density at radius 1 is 1.33 bits per heavy atom. The van der Waals surface area contributed by atoms with Gasteiger partial charge in [0.1, 0.15) is 12.4 Å². The SMILES string of the molecule is [O]CC=Cc1cccc(OC(F)(F)F)c1. The molecule has 0 unspecified atom stereocenters. The average molecular weight is 217 g/mol. The third-order valence-electron chi connectivity index (χ3n) is 1.50. The molecule has 0 bridgehead atoms. The lowest BCUT2D eigenvalue weighted by Gasteiger charge is -2.08. The third kappa shape index (κ3) is 4.51. The molecule has 0 aromatic heterocycles. The summed E-state index contributed by atoms with van der Waals surface area (Å²) in [4.78, 5) is 0. The summed E-state index contributed by atoms with van der Waals surface area (Å²) in [6.07, 6.45) is -1.94. The molecule has 0 aliphatic carbocycles. The molecular formula is C10H8F3O2. The number of hydrogen-bond acceptors (Lipinski definition) is 1. The van der Waals surface area contributed by atoms with Crippen molar-refractivity contribution >= 4 is 6.08 Å². The molecule has 1 rings (SSSR count). The number of alkyl halides is 3. The van der Waals surface area contributed by atoms with Gasteiger partial charge < -0.3 is 4.74 Å². The fourth-order valence-electron chi connectivity index (χ4n) is 1.000. The van der Waals surface area contributed by atoms with Gasteiger partial charge in [0.05, 0.1) is 0 Å². The smallest absolute Gasteiger partial charge is 0.406 e. The molecule has 0 atom stereocenters. The van der Waals surface area contributed by atoms with Gasteiger partial charge in [-0.05, 0) is 17.7 Å². The van der Waals surface area contributed by atoms with Gasteiger partial charge in [-0.3, -0.25) is 0 Å². The highest BCUT2D eigenvalue weighted by atomic mass is 19.4. The summed E-state index contributed by atoms with van der Waals surface area (Å²) < 4.78 is 39.2. The average Bonchev–Trinajstić information content (AvgIpc) is 2.12. The van der Waals surface area contributed by atoms with Crippen LogP contribution in [0.1, 0.15) is 5.56 Å². The monoisotopic (exact) mass is 217 g/mol. The first-order chi connectivity index (χ1) is 7.01. The predicted molar refractivity (Wildman–Crippen MR) is 47.7 cm³/mol. The molecule has 0 amide bonds. The predicted octanol–water partition coefficient (Wildman–Crippen LogP) is 3.03. The first-order valence-electron chi connectivity index (χ1n) is 4.12. The lowest BCUT2D eigenvalue weighted by molar-refractivity contribution is -0.274. The van der Waals surface area contributed by atoms with Gasteiger partial charge in [0.15, 0.2) is 0 Å². The second-order valence-electron chi connectivity index (χ2n) is 2.69. The fourth-order valence-corrected chi connectivity index (χ4v) is 1.000. The third-order valence-corrected chi connectivity index (χ3v) is 1.50. The second-order valence-corrected chi connectivity index (χ2v) is 2.69. The molecule has 1 aromatic carbocycles. The molecule has 0 saturated carbocycles. The van der Waals surface area contributed by atoms with Crippen LogP contribution in [0.2, 0.25) is 0 Å². The molecule has 15 heavy (non-hydrogen) atoms. The van der Waals surface area contributed by atoms with E-state index in [4.69, 9.17) is 0 Å². The van der Waals surface area contributed by atoms with Crippen LogP contribution in [-0.4, -0.2) is 13.0 Å². The molecule has 1 radical (unpaired) electrons. The van der Waals surface area contributed by atoms with Crippen LogP contribution in [0.3, 0.4) is 0 Å². The Morgan fingerprint density at radius 3 is 2.67 bits per heavy atom. The van der Waals surface area contributed by atoms with Gasteiger partial charge in [-0.1, -0.05) is 24.3 Å². The highest BCUT2D eigenvalue weighted by molar-refractivity contribution is 5.51. The highest BCUT2D eigenvalue weighted by Crippen LogP contribution is 2.23. The van der Waals surface area contributed by atoms with E-state index in [9.17, 15) is 18.3 Å². The van der Waals surface area contributed by atoms with Crippen molar-refractivity contribution in [3.05, 3.63) is 35.9 Å². The Labute approximate surface area is 84.6 Å². The Balaban J connectivity index is 2.79. The molecule has 5 heteroatoms. The van der Waals surface area contributed by atoms with E-state index in [1.165, 1.54) is 30.4 Å². The van der Waals surface area contributed by atoms with Crippen LogP contribution in [0, 0.1) is 0 Å². The minimum atomic E-state index is -4.69. The van der Waals surface area contributed by atoms with Crippen LogP contribution in [0.4, 0.5) is 13.2 Å². The molecule has 0 N–H and O–H groups in total. The summed E-state index contributed by atoms with van der Waals surface area (Å²) in [7, 11) is 0. The molecule has 2 nitrogen and oxygen atoms in total. The van der Waals surface area contributed by atoms with Gasteiger partial charge in [-0.25, -0.2) is 5.11 Å². The second kappa shape index (κ2) is 4.84. The van der Waals surface area contributed by atoms with E-state index in [0.29, 0.717) is 5.56 Å². The van der Waals surface area contributed by atoms with Crippen molar-refractivity contribution in [2.45, 2.75) is 6.36 Å². The van der Waals surface area contributed by atoms with Crippen molar-refractivity contribution in [1.29, 1.82) is 0 Å². The van der Waals surface area contributed by atoms with Crippen LogP contribution in [0.25, 0.3) is 6.08 Å². The van der Waals surface area contributed by atoms with Crippen LogP contribution < -0.4 is 4.74 Å². The van der Waals surface area contributed by atoms with Gasteiger partial charge in [0.2, 0.25) is 0 Å². The zero-order chi connectivity index (χ0) is 11.3. The minimum Gasteiger partial charge on any atom is -0.406 e. The van der Waals surface area contributed by atoms with E-state index >= 15 is 0 Å². The van der Waals surface area contributed by atoms with E-state index in [1.807, 2.05) is 0 Å². The van der Waals surface area contributed by atoms with Gasteiger partial charge in [-0.15, -0.1) is 13.2 Å². The van der Waals surface area contributed by atoms with E-state index in [2.05, 4.69) is 4.74 Å².